The summed E-state index contributed by atoms with van der Waals surface area (Å²) in [6.45, 7) is 0. The van der Waals surface area contributed by atoms with Crippen LogP contribution < -0.4 is 113 Å². The van der Waals surface area contributed by atoms with E-state index in [0.29, 0.717) is 0 Å². The summed E-state index contributed by atoms with van der Waals surface area (Å²) in [5, 5.41) is 18.2. The molecule has 11 heteroatoms. The number of nitrogens with zero attached hydrogens (tertiary/aromatic N) is 1. The molecule has 0 amide bonds. The van der Waals surface area contributed by atoms with Crippen molar-refractivity contribution in [3.05, 3.63) is 12.1 Å². The molecule has 0 unspecified atom stereocenters. The second-order valence-corrected chi connectivity index (χ2v) is 1.75. The minimum absolute atomic E-state index is 0. The number of ether oxygens (including phenoxy) is 1. The van der Waals surface area contributed by atoms with E-state index in [-0.39, 0.29) is 109 Å². The van der Waals surface area contributed by atoms with Crippen molar-refractivity contribution in [3.8, 4) is 0 Å². The van der Waals surface area contributed by atoms with Gasteiger partial charge in [0.25, 0.3) is 0 Å². The van der Waals surface area contributed by atoms with Gasteiger partial charge in [0, 0.05) is 0 Å². The van der Waals surface area contributed by atoms with Crippen molar-refractivity contribution in [2.45, 2.75) is 6.23 Å². The quantitative estimate of drug-likeness (QED) is 0.280. The van der Waals surface area contributed by atoms with Crippen LogP contribution in [0.25, 0.3) is 0 Å². The van der Waals surface area contributed by atoms with Gasteiger partial charge in [-0.15, -0.1) is 8.78 Å². The average Bonchev–Trinajstić information content (AvgIpc) is 2.15. The van der Waals surface area contributed by atoms with Gasteiger partial charge in [-0.1, -0.05) is 9.60 Å². The van der Waals surface area contributed by atoms with E-state index in [1.807, 2.05) is 0 Å². The molecule has 1 aliphatic heterocycles. The molecule has 0 saturated heterocycles. The summed E-state index contributed by atoms with van der Waals surface area (Å²) in [6, 6.07) is 0. The van der Waals surface area contributed by atoms with Crippen molar-refractivity contribution in [1.82, 2.24) is 5.12 Å². The van der Waals surface area contributed by atoms with E-state index in [1.54, 1.807) is 0 Å². The largest absolute Gasteiger partial charge is 1.00 e. The summed E-state index contributed by atoms with van der Waals surface area (Å²) >= 11 is 0. The van der Waals surface area contributed by atoms with Crippen LogP contribution in [-0.4, -0.2) is 18.7 Å². The molecule has 1 rings (SSSR count). The van der Waals surface area contributed by atoms with Crippen molar-refractivity contribution in [1.29, 1.82) is 0 Å². The van der Waals surface area contributed by atoms with Crippen LogP contribution in [0.2, 0.25) is 0 Å². The van der Waals surface area contributed by atoms with Gasteiger partial charge in [0.2, 0.25) is 5.88 Å². The fraction of sp³-hybridized carbons (Fsp3) is 0.333. The van der Waals surface area contributed by atoms with Gasteiger partial charge in [-0.2, -0.15) is 0 Å². The molecule has 68 valence electrons. The van der Waals surface area contributed by atoms with E-state index in [9.17, 15) is 23.3 Å². The van der Waals surface area contributed by atoms with Crippen LogP contribution >= 0.6 is 0 Å². The zero-order valence-corrected chi connectivity index (χ0v) is 13.6. The number of halogens is 3. The average molecular weight is 261 g/mol. The number of hydrogen-bond acceptors (Lipinski definition) is 5. The molecule has 14 heavy (non-hydrogen) atoms. The van der Waals surface area contributed by atoms with Crippen LogP contribution in [0.15, 0.2) is 12.1 Å². The summed E-state index contributed by atoms with van der Waals surface area (Å²) in [6.07, 6.45) is -4.08. The summed E-state index contributed by atoms with van der Waals surface area (Å²) in [4.78, 5) is 0. The Labute approximate surface area is 163 Å². The van der Waals surface area contributed by atoms with Gasteiger partial charge >= 0.3 is 109 Å². The van der Waals surface area contributed by atoms with Gasteiger partial charge < -0.3 is 19.4 Å². The van der Waals surface area contributed by atoms with Gasteiger partial charge in [-0.3, -0.25) is 0 Å². The second-order valence-electron chi connectivity index (χ2n) is 1.75. The molecular formula is C3HBF3K2NO4. The molecule has 0 N–H and O–H groups in total. The van der Waals surface area contributed by atoms with E-state index < -0.39 is 24.6 Å². The van der Waals surface area contributed by atoms with Crippen LogP contribution in [0, 0.1) is 0 Å². The molecule has 1 heterocycles. The summed E-state index contributed by atoms with van der Waals surface area (Å²) in [5.41, 5.74) is 0. The van der Waals surface area contributed by atoms with E-state index in [1.165, 1.54) is 0 Å². The molecule has 0 aromatic carbocycles. The van der Waals surface area contributed by atoms with E-state index in [4.69, 9.17) is 0 Å². The maximum Gasteiger partial charge on any atom is 1.00 e. The minimum atomic E-state index is -4.22. The maximum absolute atomic E-state index is 12.2. The number of hydrogen-bond donors (Lipinski definition) is 0. The van der Waals surface area contributed by atoms with Crippen LogP contribution in [0.4, 0.5) is 13.3 Å². The van der Waals surface area contributed by atoms with Crippen molar-refractivity contribution in [2.75, 3.05) is 0 Å². The van der Waals surface area contributed by atoms with Crippen LogP contribution in [0.5, 0.6) is 0 Å². The molecule has 1 aliphatic rings. The van der Waals surface area contributed by atoms with E-state index in [2.05, 4.69) is 9.39 Å². The fourth-order valence-corrected chi connectivity index (χ4v) is 0.515. The first-order valence-electron chi connectivity index (χ1n) is 2.63. The minimum Gasteiger partial charge on any atom is -0.860 e. The van der Waals surface area contributed by atoms with Gasteiger partial charge in [0.05, 0.1) is 0 Å². The first-order valence-corrected chi connectivity index (χ1v) is 2.63. The number of alkyl halides is 2. The summed E-state index contributed by atoms with van der Waals surface area (Å²) in [5.74, 6) is -1.24. The third-order valence-corrected chi connectivity index (χ3v) is 0.941. The molecule has 0 aromatic heterocycles. The Morgan fingerprint density at radius 3 is 2.21 bits per heavy atom. The van der Waals surface area contributed by atoms with Crippen molar-refractivity contribution in [2.24, 2.45) is 0 Å². The molecule has 0 aromatic rings. The molecule has 0 atom stereocenters. The molecule has 0 spiro atoms. The first-order chi connectivity index (χ1) is 5.43. The Morgan fingerprint density at radius 1 is 1.43 bits per heavy atom. The summed E-state index contributed by atoms with van der Waals surface area (Å²) < 4.78 is 43.2. The van der Waals surface area contributed by atoms with Crippen LogP contribution in [-0.2, 0) is 9.39 Å². The number of rotatable bonds is 2. The van der Waals surface area contributed by atoms with Crippen molar-refractivity contribution >= 4 is 7.32 Å². The molecule has 5 nitrogen and oxygen atoms in total. The standard InChI is InChI=1S/C3HBF3NO4.2K/c5-3(6)8(7)2(1-11-3)12-4(9)10;;/h1H;;/q-2;2*+1. The van der Waals surface area contributed by atoms with Gasteiger partial charge in [0.1, 0.15) is 7.32 Å². The molecular weight excluding hydrogens is 260 g/mol. The third-order valence-electron chi connectivity index (χ3n) is 0.941. The fourth-order valence-electron chi connectivity index (χ4n) is 0.515. The molecule has 0 saturated carbocycles. The SMILES string of the molecule is [K+].[K+].[O-]B([O-])OC1=COC(F)(F)N1F. The Morgan fingerprint density at radius 2 is 1.93 bits per heavy atom. The van der Waals surface area contributed by atoms with E-state index in [0.717, 1.165) is 0 Å². The smallest absolute Gasteiger partial charge is 0.860 e. The zero-order chi connectivity index (χ0) is 9.35. The molecule has 0 fully saturated rings. The first kappa shape index (κ1) is 18.6. The zero-order valence-electron chi connectivity index (χ0n) is 7.37. The molecule has 0 aliphatic carbocycles. The van der Waals surface area contributed by atoms with Crippen LogP contribution in [0.1, 0.15) is 0 Å². The van der Waals surface area contributed by atoms with E-state index >= 15 is 0 Å². The predicted molar refractivity (Wildman–Crippen MR) is 23.9 cm³/mol. The Hall–Kier alpha value is 2.19. The third kappa shape index (κ3) is 5.01. The Bertz CT molecular complexity index is 218. The molecule has 0 bridgehead atoms. The van der Waals surface area contributed by atoms with Crippen molar-refractivity contribution < 1.29 is 135 Å². The predicted octanol–water partition coefficient (Wildman–Crippen LogP) is -7.72. The second kappa shape index (κ2) is 7.50. The molecule has 0 radical (unpaired) electrons. The summed E-state index contributed by atoms with van der Waals surface area (Å²) in [7, 11) is -2.88. The maximum atomic E-state index is 12.2. The van der Waals surface area contributed by atoms with Gasteiger partial charge in [0.15, 0.2) is 6.26 Å². The Balaban J connectivity index is 0. The van der Waals surface area contributed by atoms with Crippen LogP contribution in [0.3, 0.4) is 0 Å². The topological polar surface area (TPSA) is 67.8 Å². The van der Waals surface area contributed by atoms with Gasteiger partial charge in [-0.05, 0) is 0 Å². The van der Waals surface area contributed by atoms with Gasteiger partial charge in [-0.25, -0.2) is 0 Å². The van der Waals surface area contributed by atoms with Crippen molar-refractivity contribution in [3.63, 3.8) is 0 Å². The Kier molecular flexibility index (Phi) is 9.94. The normalized spacial score (nSPS) is 17.2. The monoisotopic (exact) mass is 261 g/mol.